The van der Waals surface area contributed by atoms with Crippen LogP contribution >= 0.6 is 0 Å². The number of carboxylic acids is 1. The molecule has 0 saturated heterocycles. The minimum absolute atomic E-state index is 0.106. The lowest BCUT2D eigenvalue weighted by atomic mass is 9.97. The molecular weight excluding hydrogens is 226 g/mol. The Morgan fingerprint density at radius 3 is 2.33 bits per heavy atom. The van der Waals surface area contributed by atoms with E-state index in [-0.39, 0.29) is 5.92 Å². The van der Waals surface area contributed by atoms with Crippen molar-refractivity contribution in [3.63, 3.8) is 0 Å². The van der Waals surface area contributed by atoms with Gasteiger partial charge in [0.15, 0.2) is 0 Å². The average Bonchev–Trinajstić information content (AvgIpc) is 2.34. The largest absolute Gasteiger partial charge is 0.480 e. The van der Waals surface area contributed by atoms with E-state index in [9.17, 15) is 4.79 Å². The van der Waals surface area contributed by atoms with Gasteiger partial charge in [0.25, 0.3) is 0 Å². The van der Waals surface area contributed by atoms with Crippen molar-refractivity contribution in [3.05, 3.63) is 35.9 Å². The van der Waals surface area contributed by atoms with Gasteiger partial charge in [-0.1, -0.05) is 51.1 Å². The summed E-state index contributed by atoms with van der Waals surface area (Å²) >= 11 is 0. The standard InChI is InChI=1S/C15H23NO2/c1-11(2)14(15(17)18)16-10-9-12(3)13-7-5-4-6-8-13/h4-8,11-12,14,16H,9-10H2,1-3H3,(H,17,18)/t12?,14-/m0/s1. The van der Waals surface area contributed by atoms with Gasteiger partial charge in [-0.3, -0.25) is 4.79 Å². The van der Waals surface area contributed by atoms with Crippen molar-refractivity contribution in [1.82, 2.24) is 5.32 Å². The monoisotopic (exact) mass is 249 g/mol. The number of hydrogen-bond donors (Lipinski definition) is 2. The zero-order chi connectivity index (χ0) is 13.5. The number of carbonyl (C=O) groups is 1. The third kappa shape index (κ3) is 4.49. The Kier molecular flexibility index (Phi) is 5.86. The number of nitrogens with one attached hydrogen (secondary N) is 1. The van der Waals surface area contributed by atoms with Gasteiger partial charge in [-0.2, -0.15) is 0 Å². The van der Waals surface area contributed by atoms with Crippen LogP contribution in [0.2, 0.25) is 0 Å². The Morgan fingerprint density at radius 2 is 1.83 bits per heavy atom. The van der Waals surface area contributed by atoms with E-state index in [2.05, 4.69) is 24.4 Å². The van der Waals surface area contributed by atoms with Gasteiger partial charge in [-0.25, -0.2) is 0 Å². The van der Waals surface area contributed by atoms with Gasteiger partial charge in [-0.15, -0.1) is 0 Å². The van der Waals surface area contributed by atoms with Crippen LogP contribution in [0.4, 0.5) is 0 Å². The zero-order valence-electron chi connectivity index (χ0n) is 11.4. The van der Waals surface area contributed by atoms with Crippen LogP contribution in [0.25, 0.3) is 0 Å². The average molecular weight is 249 g/mol. The third-order valence-corrected chi connectivity index (χ3v) is 3.24. The first kappa shape index (κ1) is 14.7. The molecule has 0 radical (unpaired) electrons. The van der Waals surface area contributed by atoms with Crippen LogP contribution in [0, 0.1) is 5.92 Å². The Balaban J connectivity index is 2.39. The molecule has 0 heterocycles. The number of carboxylic acid groups (broad SMARTS) is 1. The number of hydrogen-bond acceptors (Lipinski definition) is 2. The summed E-state index contributed by atoms with van der Waals surface area (Å²) in [6.45, 7) is 6.74. The predicted octanol–water partition coefficient (Wildman–Crippen LogP) is 2.88. The predicted molar refractivity (Wildman–Crippen MR) is 73.7 cm³/mol. The number of benzene rings is 1. The molecule has 18 heavy (non-hydrogen) atoms. The molecule has 0 amide bonds. The summed E-state index contributed by atoms with van der Waals surface area (Å²) in [4.78, 5) is 11.0. The molecule has 2 atom stereocenters. The van der Waals surface area contributed by atoms with E-state index < -0.39 is 12.0 Å². The van der Waals surface area contributed by atoms with Gasteiger partial charge in [0.2, 0.25) is 0 Å². The lowest BCUT2D eigenvalue weighted by Crippen LogP contribution is -2.41. The molecule has 100 valence electrons. The molecule has 0 aliphatic heterocycles. The van der Waals surface area contributed by atoms with Crippen LogP contribution in [-0.2, 0) is 4.79 Å². The fraction of sp³-hybridized carbons (Fsp3) is 0.533. The molecule has 1 rings (SSSR count). The van der Waals surface area contributed by atoms with E-state index >= 15 is 0 Å². The first-order valence-corrected chi connectivity index (χ1v) is 6.53. The van der Waals surface area contributed by atoms with E-state index in [0.717, 1.165) is 13.0 Å². The molecule has 3 nitrogen and oxygen atoms in total. The molecular formula is C15H23NO2. The first-order valence-electron chi connectivity index (χ1n) is 6.53. The van der Waals surface area contributed by atoms with E-state index in [1.807, 2.05) is 32.0 Å². The van der Waals surface area contributed by atoms with E-state index in [4.69, 9.17) is 5.11 Å². The van der Waals surface area contributed by atoms with Gasteiger partial charge in [0.05, 0.1) is 0 Å². The van der Waals surface area contributed by atoms with E-state index in [1.165, 1.54) is 5.56 Å². The number of rotatable bonds is 7. The lowest BCUT2D eigenvalue weighted by Gasteiger charge is -2.19. The van der Waals surface area contributed by atoms with Gasteiger partial charge in [0.1, 0.15) is 6.04 Å². The van der Waals surface area contributed by atoms with Crippen molar-refractivity contribution in [2.24, 2.45) is 5.92 Å². The first-order chi connectivity index (χ1) is 8.52. The maximum Gasteiger partial charge on any atom is 0.320 e. The van der Waals surface area contributed by atoms with Crippen LogP contribution in [0.1, 0.15) is 38.7 Å². The van der Waals surface area contributed by atoms with Crippen LogP contribution in [0.5, 0.6) is 0 Å². The van der Waals surface area contributed by atoms with Crippen molar-refractivity contribution < 1.29 is 9.90 Å². The molecule has 0 saturated carbocycles. The summed E-state index contributed by atoms with van der Waals surface area (Å²) in [7, 11) is 0. The van der Waals surface area contributed by atoms with Gasteiger partial charge < -0.3 is 10.4 Å². The fourth-order valence-corrected chi connectivity index (χ4v) is 2.01. The quantitative estimate of drug-likeness (QED) is 0.781. The van der Waals surface area contributed by atoms with Crippen LogP contribution in [-0.4, -0.2) is 23.7 Å². The molecule has 0 aromatic heterocycles. The normalized spacial score (nSPS) is 14.4. The van der Waals surface area contributed by atoms with Crippen molar-refractivity contribution in [2.45, 2.75) is 39.2 Å². The second-order valence-corrected chi connectivity index (χ2v) is 5.11. The molecule has 3 heteroatoms. The lowest BCUT2D eigenvalue weighted by molar-refractivity contribution is -0.140. The SMILES string of the molecule is CC(CCN[C@H](C(=O)O)C(C)C)c1ccccc1. The van der Waals surface area contributed by atoms with Gasteiger partial charge in [-0.05, 0) is 30.4 Å². The summed E-state index contributed by atoms with van der Waals surface area (Å²) in [5, 5.41) is 12.2. The van der Waals surface area contributed by atoms with E-state index in [0.29, 0.717) is 5.92 Å². The maximum absolute atomic E-state index is 11.0. The second-order valence-electron chi connectivity index (χ2n) is 5.11. The Hall–Kier alpha value is -1.35. The molecule has 1 aromatic rings. The van der Waals surface area contributed by atoms with Gasteiger partial charge >= 0.3 is 5.97 Å². The maximum atomic E-state index is 11.0. The Bertz CT molecular complexity index is 362. The molecule has 1 aromatic carbocycles. The van der Waals surface area contributed by atoms with Crippen LogP contribution < -0.4 is 5.32 Å². The van der Waals surface area contributed by atoms with Crippen molar-refractivity contribution >= 4 is 5.97 Å². The molecule has 0 spiro atoms. The molecule has 0 fully saturated rings. The van der Waals surface area contributed by atoms with Crippen LogP contribution in [0.3, 0.4) is 0 Å². The van der Waals surface area contributed by atoms with E-state index in [1.54, 1.807) is 0 Å². The van der Waals surface area contributed by atoms with Crippen LogP contribution in [0.15, 0.2) is 30.3 Å². The van der Waals surface area contributed by atoms with Crippen molar-refractivity contribution in [1.29, 1.82) is 0 Å². The minimum Gasteiger partial charge on any atom is -0.480 e. The smallest absolute Gasteiger partial charge is 0.320 e. The Morgan fingerprint density at radius 1 is 1.22 bits per heavy atom. The summed E-state index contributed by atoms with van der Waals surface area (Å²) in [5.41, 5.74) is 1.30. The summed E-state index contributed by atoms with van der Waals surface area (Å²) in [6, 6.07) is 9.85. The van der Waals surface area contributed by atoms with Crippen molar-refractivity contribution in [2.75, 3.05) is 6.54 Å². The number of aliphatic carboxylic acids is 1. The Labute approximate surface area is 109 Å². The summed E-state index contributed by atoms with van der Waals surface area (Å²) in [6.07, 6.45) is 0.945. The van der Waals surface area contributed by atoms with Crippen molar-refractivity contribution in [3.8, 4) is 0 Å². The molecule has 1 unspecified atom stereocenters. The third-order valence-electron chi connectivity index (χ3n) is 3.24. The summed E-state index contributed by atoms with van der Waals surface area (Å²) in [5.74, 6) is -0.216. The fourth-order valence-electron chi connectivity index (χ4n) is 2.01. The highest BCUT2D eigenvalue weighted by Gasteiger charge is 2.20. The second kappa shape index (κ2) is 7.17. The zero-order valence-corrected chi connectivity index (χ0v) is 11.4. The topological polar surface area (TPSA) is 49.3 Å². The molecule has 0 aliphatic rings. The highest BCUT2D eigenvalue weighted by molar-refractivity contribution is 5.73. The highest BCUT2D eigenvalue weighted by atomic mass is 16.4. The molecule has 0 aliphatic carbocycles. The highest BCUT2D eigenvalue weighted by Crippen LogP contribution is 2.17. The van der Waals surface area contributed by atoms with Gasteiger partial charge in [0, 0.05) is 0 Å². The molecule has 2 N–H and O–H groups in total. The summed E-state index contributed by atoms with van der Waals surface area (Å²) < 4.78 is 0. The molecule has 0 bridgehead atoms. The minimum atomic E-state index is -0.766.